The lowest BCUT2D eigenvalue weighted by Crippen LogP contribution is -2.40. The summed E-state index contributed by atoms with van der Waals surface area (Å²) in [7, 11) is 0. The van der Waals surface area contributed by atoms with Gasteiger partial charge in [-0.1, -0.05) is 0 Å². The number of ether oxygens (including phenoxy) is 2. The molecular formula is C15H30N4O2S. The normalized spacial score (nSPS) is 23.4. The molecule has 2 aliphatic heterocycles. The standard InChI is InChI=1S/C15H30N4O2S/c1-22-15(3-9-20-10-4-15)13-18-14(16)17-5-2-6-19-7-11-21-12-8-19/h2-13H2,1H3,(H3,16,17,18). The van der Waals surface area contributed by atoms with Gasteiger partial charge in [0.05, 0.1) is 19.8 Å². The van der Waals surface area contributed by atoms with Crippen molar-refractivity contribution in [2.45, 2.75) is 24.0 Å². The molecule has 0 amide bonds. The van der Waals surface area contributed by atoms with Crippen molar-refractivity contribution in [2.24, 2.45) is 10.7 Å². The molecule has 0 saturated carbocycles. The number of guanidine groups is 1. The first-order valence-corrected chi connectivity index (χ1v) is 9.43. The number of aliphatic imine (C=N–C) groups is 1. The number of thioether (sulfide) groups is 1. The highest BCUT2D eigenvalue weighted by Gasteiger charge is 2.31. The smallest absolute Gasteiger partial charge is 0.188 e. The van der Waals surface area contributed by atoms with Gasteiger partial charge in [0.15, 0.2) is 5.96 Å². The Morgan fingerprint density at radius 3 is 2.59 bits per heavy atom. The van der Waals surface area contributed by atoms with E-state index in [1.54, 1.807) is 0 Å². The Morgan fingerprint density at radius 2 is 1.91 bits per heavy atom. The summed E-state index contributed by atoms with van der Waals surface area (Å²) in [5.74, 6) is 0.571. The van der Waals surface area contributed by atoms with Crippen LogP contribution in [0.25, 0.3) is 0 Å². The summed E-state index contributed by atoms with van der Waals surface area (Å²) in [4.78, 5) is 6.98. The van der Waals surface area contributed by atoms with Gasteiger partial charge in [-0.15, -0.1) is 0 Å². The minimum atomic E-state index is 0.207. The first-order chi connectivity index (χ1) is 10.7. The lowest BCUT2D eigenvalue weighted by atomic mass is 9.99. The molecule has 0 aromatic carbocycles. The Balaban J connectivity index is 1.62. The highest BCUT2D eigenvalue weighted by atomic mass is 32.2. The maximum Gasteiger partial charge on any atom is 0.188 e. The van der Waals surface area contributed by atoms with Gasteiger partial charge in [-0.3, -0.25) is 9.89 Å². The van der Waals surface area contributed by atoms with E-state index in [0.29, 0.717) is 5.96 Å². The summed E-state index contributed by atoms with van der Waals surface area (Å²) in [6.07, 6.45) is 5.36. The van der Waals surface area contributed by atoms with E-state index in [4.69, 9.17) is 15.2 Å². The second-order valence-electron chi connectivity index (χ2n) is 5.94. The van der Waals surface area contributed by atoms with E-state index in [1.807, 2.05) is 11.8 Å². The summed E-state index contributed by atoms with van der Waals surface area (Å²) >= 11 is 1.89. The van der Waals surface area contributed by atoms with Gasteiger partial charge in [-0.05, 0) is 32.1 Å². The molecule has 2 heterocycles. The van der Waals surface area contributed by atoms with E-state index in [0.717, 1.165) is 78.4 Å². The Hall–Kier alpha value is -0.500. The summed E-state index contributed by atoms with van der Waals surface area (Å²) in [6, 6.07) is 0. The molecule has 0 bridgehead atoms. The third-order valence-corrected chi connectivity index (χ3v) is 5.84. The summed E-state index contributed by atoms with van der Waals surface area (Å²) in [5, 5.41) is 3.23. The van der Waals surface area contributed by atoms with Crippen LogP contribution in [0.15, 0.2) is 4.99 Å². The van der Waals surface area contributed by atoms with Crippen LogP contribution in [0.1, 0.15) is 19.3 Å². The zero-order chi connectivity index (χ0) is 15.7. The van der Waals surface area contributed by atoms with Crippen LogP contribution in [0.3, 0.4) is 0 Å². The van der Waals surface area contributed by atoms with Crippen LogP contribution < -0.4 is 11.1 Å². The number of nitrogens with one attached hydrogen (secondary N) is 1. The van der Waals surface area contributed by atoms with E-state index in [-0.39, 0.29) is 4.75 Å². The Kier molecular flexibility index (Phi) is 7.79. The minimum Gasteiger partial charge on any atom is -0.381 e. The lowest BCUT2D eigenvalue weighted by molar-refractivity contribution is 0.0376. The molecular weight excluding hydrogens is 300 g/mol. The fraction of sp³-hybridized carbons (Fsp3) is 0.933. The molecule has 7 heteroatoms. The molecule has 0 aliphatic carbocycles. The third-order valence-electron chi connectivity index (χ3n) is 4.44. The van der Waals surface area contributed by atoms with Gasteiger partial charge < -0.3 is 20.5 Å². The number of rotatable bonds is 7. The van der Waals surface area contributed by atoms with Crippen LogP contribution in [0, 0.1) is 0 Å². The van der Waals surface area contributed by atoms with Crippen molar-refractivity contribution in [2.75, 3.05) is 65.4 Å². The summed E-state index contributed by atoms with van der Waals surface area (Å²) < 4.78 is 11.0. The highest BCUT2D eigenvalue weighted by molar-refractivity contribution is 8.00. The number of nitrogens with zero attached hydrogens (tertiary/aromatic N) is 2. The van der Waals surface area contributed by atoms with E-state index in [9.17, 15) is 0 Å². The molecule has 2 rings (SSSR count). The summed E-state index contributed by atoms with van der Waals surface area (Å²) in [6.45, 7) is 8.23. The van der Waals surface area contributed by atoms with Gasteiger partial charge >= 0.3 is 0 Å². The monoisotopic (exact) mass is 330 g/mol. The molecule has 0 unspecified atom stereocenters. The number of morpholine rings is 1. The van der Waals surface area contributed by atoms with Crippen molar-refractivity contribution in [3.8, 4) is 0 Å². The predicted octanol–water partition coefficient (Wildman–Crippen LogP) is 0.525. The van der Waals surface area contributed by atoms with Crippen LogP contribution in [-0.2, 0) is 9.47 Å². The molecule has 0 aromatic heterocycles. The van der Waals surface area contributed by atoms with Crippen molar-refractivity contribution < 1.29 is 9.47 Å². The van der Waals surface area contributed by atoms with E-state index in [1.165, 1.54) is 0 Å². The molecule has 3 N–H and O–H groups in total. The first-order valence-electron chi connectivity index (χ1n) is 8.21. The first kappa shape index (κ1) is 17.8. The minimum absolute atomic E-state index is 0.207. The topological polar surface area (TPSA) is 72.1 Å². The zero-order valence-electron chi connectivity index (χ0n) is 13.7. The molecule has 0 aromatic rings. The van der Waals surface area contributed by atoms with Crippen LogP contribution in [0.2, 0.25) is 0 Å². The molecule has 6 nitrogen and oxygen atoms in total. The van der Waals surface area contributed by atoms with Crippen molar-refractivity contribution in [3.05, 3.63) is 0 Å². The molecule has 2 saturated heterocycles. The molecule has 2 aliphatic rings. The number of hydrogen-bond acceptors (Lipinski definition) is 5. The number of hydrogen-bond donors (Lipinski definition) is 2. The zero-order valence-corrected chi connectivity index (χ0v) is 14.5. The Labute approximate surface area is 138 Å². The highest BCUT2D eigenvalue weighted by Crippen LogP contribution is 2.33. The second kappa shape index (κ2) is 9.60. The van der Waals surface area contributed by atoms with Crippen LogP contribution in [0.5, 0.6) is 0 Å². The van der Waals surface area contributed by atoms with Gasteiger partial charge in [-0.2, -0.15) is 11.8 Å². The van der Waals surface area contributed by atoms with E-state index in [2.05, 4.69) is 21.5 Å². The Morgan fingerprint density at radius 1 is 1.23 bits per heavy atom. The quantitative estimate of drug-likeness (QED) is 0.403. The molecule has 22 heavy (non-hydrogen) atoms. The maximum atomic E-state index is 5.99. The fourth-order valence-corrected chi connectivity index (χ4v) is 3.57. The Bertz CT molecular complexity index is 342. The maximum absolute atomic E-state index is 5.99. The van der Waals surface area contributed by atoms with Crippen LogP contribution in [0.4, 0.5) is 0 Å². The summed E-state index contributed by atoms with van der Waals surface area (Å²) in [5.41, 5.74) is 5.99. The van der Waals surface area contributed by atoms with Crippen molar-refractivity contribution in [1.82, 2.24) is 10.2 Å². The van der Waals surface area contributed by atoms with Crippen LogP contribution in [-0.4, -0.2) is 81.0 Å². The molecule has 0 spiro atoms. The predicted molar refractivity (Wildman–Crippen MR) is 92.7 cm³/mol. The molecule has 2 fully saturated rings. The van der Waals surface area contributed by atoms with Gasteiger partial charge in [0.2, 0.25) is 0 Å². The van der Waals surface area contributed by atoms with E-state index < -0.39 is 0 Å². The van der Waals surface area contributed by atoms with Crippen molar-refractivity contribution in [3.63, 3.8) is 0 Å². The third kappa shape index (κ3) is 5.95. The SMILES string of the molecule is CSC1(CN=C(N)NCCCN2CCOCC2)CCOCC1. The van der Waals surface area contributed by atoms with E-state index >= 15 is 0 Å². The largest absolute Gasteiger partial charge is 0.381 e. The van der Waals surface area contributed by atoms with Crippen molar-refractivity contribution in [1.29, 1.82) is 0 Å². The van der Waals surface area contributed by atoms with Gasteiger partial charge in [0.25, 0.3) is 0 Å². The lowest BCUT2D eigenvalue weighted by Gasteiger charge is -2.34. The fourth-order valence-electron chi connectivity index (χ4n) is 2.80. The van der Waals surface area contributed by atoms with Crippen molar-refractivity contribution >= 4 is 17.7 Å². The number of nitrogens with two attached hydrogens (primary N) is 1. The average molecular weight is 330 g/mol. The van der Waals surface area contributed by atoms with Gasteiger partial charge in [0.1, 0.15) is 0 Å². The molecule has 0 radical (unpaired) electrons. The second-order valence-corrected chi connectivity index (χ2v) is 7.21. The van der Waals surface area contributed by atoms with Gasteiger partial charge in [0, 0.05) is 37.6 Å². The van der Waals surface area contributed by atoms with Crippen LogP contribution >= 0.6 is 11.8 Å². The van der Waals surface area contributed by atoms with Gasteiger partial charge in [-0.25, -0.2) is 0 Å². The molecule has 128 valence electrons. The average Bonchev–Trinajstić information content (AvgIpc) is 2.59. The molecule has 0 atom stereocenters.